The van der Waals surface area contributed by atoms with Gasteiger partial charge in [-0.1, -0.05) is 23.6 Å². The van der Waals surface area contributed by atoms with Crippen LogP contribution in [0.15, 0.2) is 54.9 Å². The van der Waals surface area contributed by atoms with Gasteiger partial charge in [-0.15, -0.1) is 0 Å². The van der Waals surface area contributed by atoms with Crippen LogP contribution in [0.2, 0.25) is 5.02 Å². The second kappa shape index (κ2) is 6.90. The molecule has 27 heavy (non-hydrogen) atoms. The SMILES string of the molecule is Nc1cc(C#Cc2cnc3ccc(-c4ccc(C=O)c(Cl)c4)nn23)ccn1. The summed E-state index contributed by atoms with van der Waals surface area (Å²) in [6, 6.07) is 12.3. The highest BCUT2D eigenvalue weighted by Gasteiger charge is 2.08. The Hall–Kier alpha value is -3.69. The number of rotatable bonds is 2. The normalized spacial score (nSPS) is 10.4. The van der Waals surface area contributed by atoms with Crippen molar-refractivity contribution in [3.8, 4) is 23.1 Å². The van der Waals surface area contributed by atoms with Gasteiger partial charge in [0, 0.05) is 22.9 Å². The van der Waals surface area contributed by atoms with Gasteiger partial charge in [-0.2, -0.15) is 5.10 Å². The molecule has 0 aliphatic carbocycles. The van der Waals surface area contributed by atoms with E-state index < -0.39 is 0 Å². The average Bonchev–Trinajstić information content (AvgIpc) is 3.08. The number of carbonyl (C=O) groups is 1. The van der Waals surface area contributed by atoms with Gasteiger partial charge < -0.3 is 5.73 Å². The largest absolute Gasteiger partial charge is 0.384 e. The van der Waals surface area contributed by atoms with Crippen LogP contribution in [-0.4, -0.2) is 25.9 Å². The van der Waals surface area contributed by atoms with Gasteiger partial charge in [0.05, 0.1) is 16.9 Å². The maximum atomic E-state index is 10.9. The number of nitrogen functional groups attached to an aromatic ring is 1. The fourth-order valence-electron chi connectivity index (χ4n) is 2.56. The highest BCUT2D eigenvalue weighted by molar-refractivity contribution is 6.33. The molecule has 0 saturated heterocycles. The third kappa shape index (κ3) is 3.36. The number of halogens is 1. The van der Waals surface area contributed by atoms with Gasteiger partial charge in [-0.05, 0) is 42.3 Å². The lowest BCUT2D eigenvalue weighted by Crippen LogP contribution is -1.97. The van der Waals surface area contributed by atoms with Crippen LogP contribution in [0.4, 0.5) is 5.82 Å². The average molecular weight is 374 g/mol. The van der Waals surface area contributed by atoms with E-state index in [-0.39, 0.29) is 0 Å². The first kappa shape index (κ1) is 16.8. The molecular weight excluding hydrogens is 362 g/mol. The van der Waals surface area contributed by atoms with E-state index in [1.54, 1.807) is 47.2 Å². The van der Waals surface area contributed by atoms with E-state index in [4.69, 9.17) is 17.3 Å². The molecule has 0 amide bonds. The Labute approximate surface area is 159 Å². The lowest BCUT2D eigenvalue weighted by molar-refractivity contribution is 0.112. The van der Waals surface area contributed by atoms with E-state index in [0.717, 1.165) is 17.4 Å². The van der Waals surface area contributed by atoms with Crippen LogP contribution < -0.4 is 5.73 Å². The predicted molar refractivity (Wildman–Crippen MR) is 103 cm³/mol. The summed E-state index contributed by atoms with van der Waals surface area (Å²) in [5, 5.41) is 4.98. The molecule has 0 aliphatic rings. The van der Waals surface area contributed by atoms with Crippen LogP contribution in [0.5, 0.6) is 0 Å². The summed E-state index contributed by atoms with van der Waals surface area (Å²) in [7, 11) is 0. The van der Waals surface area contributed by atoms with Gasteiger partial charge in [0.15, 0.2) is 11.9 Å². The van der Waals surface area contributed by atoms with Gasteiger partial charge in [-0.3, -0.25) is 4.79 Å². The van der Waals surface area contributed by atoms with Crippen LogP contribution in [0, 0.1) is 11.8 Å². The van der Waals surface area contributed by atoms with Gasteiger partial charge in [0.1, 0.15) is 11.5 Å². The zero-order valence-corrected chi connectivity index (χ0v) is 14.7. The molecule has 0 fully saturated rings. The molecule has 0 radical (unpaired) electrons. The number of hydrogen-bond donors (Lipinski definition) is 1. The van der Waals surface area contributed by atoms with Crippen molar-refractivity contribution in [2.24, 2.45) is 0 Å². The lowest BCUT2D eigenvalue weighted by atomic mass is 10.1. The van der Waals surface area contributed by atoms with E-state index in [9.17, 15) is 4.79 Å². The van der Waals surface area contributed by atoms with Gasteiger partial charge in [0.2, 0.25) is 0 Å². The van der Waals surface area contributed by atoms with Crippen LogP contribution in [-0.2, 0) is 0 Å². The van der Waals surface area contributed by atoms with Crippen LogP contribution >= 0.6 is 11.6 Å². The van der Waals surface area contributed by atoms with E-state index in [0.29, 0.717) is 33.4 Å². The molecular formula is C20H12ClN5O. The molecule has 0 bridgehead atoms. The topological polar surface area (TPSA) is 86.2 Å². The zero-order chi connectivity index (χ0) is 18.8. The summed E-state index contributed by atoms with van der Waals surface area (Å²) < 4.78 is 1.66. The Kier molecular flexibility index (Phi) is 4.29. The number of fused-ring (bicyclic) bond motifs is 1. The molecule has 0 aliphatic heterocycles. The first-order valence-corrected chi connectivity index (χ1v) is 8.35. The maximum Gasteiger partial charge on any atom is 0.154 e. The number of carbonyl (C=O) groups excluding carboxylic acids is 1. The Morgan fingerprint density at radius 2 is 1.96 bits per heavy atom. The highest BCUT2D eigenvalue weighted by atomic mass is 35.5. The molecule has 6 nitrogen and oxygen atoms in total. The second-order valence-corrected chi connectivity index (χ2v) is 6.11. The van der Waals surface area contributed by atoms with E-state index in [1.165, 1.54) is 0 Å². The number of pyridine rings is 1. The minimum Gasteiger partial charge on any atom is -0.384 e. The molecule has 0 saturated carbocycles. The van der Waals surface area contributed by atoms with Crippen molar-refractivity contribution in [2.45, 2.75) is 0 Å². The van der Waals surface area contributed by atoms with Crippen molar-refractivity contribution in [1.82, 2.24) is 19.6 Å². The monoisotopic (exact) mass is 373 g/mol. The molecule has 4 aromatic rings. The Balaban J connectivity index is 1.76. The quantitative estimate of drug-likeness (QED) is 0.430. The van der Waals surface area contributed by atoms with Gasteiger partial charge in [0.25, 0.3) is 0 Å². The third-order valence-corrected chi connectivity index (χ3v) is 4.23. The lowest BCUT2D eigenvalue weighted by Gasteiger charge is -2.04. The number of anilines is 1. The summed E-state index contributed by atoms with van der Waals surface area (Å²) in [4.78, 5) is 19.2. The zero-order valence-electron chi connectivity index (χ0n) is 13.9. The fraction of sp³-hybridized carbons (Fsp3) is 0. The first-order chi connectivity index (χ1) is 13.1. The Morgan fingerprint density at radius 1 is 1.07 bits per heavy atom. The van der Waals surface area contributed by atoms with E-state index in [1.807, 2.05) is 12.1 Å². The Morgan fingerprint density at radius 3 is 2.74 bits per heavy atom. The van der Waals surface area contributed by atoms with Gasteiger partial charge in [-0.25, -0.2) is 14.5 Å². The van der Waals surface area contributed by atoms with E-state index in [2.05, 4.69) is 26.9 Å². The number of nitrogens with two attached hydrogens (primary N) is 1. The van der Waals surface area contributed by atoms with Crippen molar-refractivity contribution in [3.05, 3.63) is 76.7 Å². The van der Waals surface area contributed by atoms with Crippen molar-refractivity contribution >= 4 is 29.4 Å². The van der Waals surface area contributed by atoms with Crippen molar-refractivity contribution in [3.63, 3.8) is 0 Å². The number of aromatic nitrogens is 4. The third-order valence-electron chi connectivity index (χ3n) is 3.90. The second-order valence-electron chi connectivity index (χ2n) is 5.71. The smallest absolute Gasteiger partial charge is 0.154 e. The van der Waals surface area contributed by atoms with Crippen molar-refractivity contribution in [1.29, 1.82) is 0 Å². The summed E-state index contributed by atoms with van der Waals surface area (Å²) in [6.45, 7) is 0. The van der Waals surface area contributed by atoms with Gasteiger partial charge >= 0.3 is 0 Å². The minimum atomic E-state index is 0.380. The maximum absolute atomic E-state index is 10.9. The molecule has 0 atom stereocenters. The van der Waals surface area contributed by atoms with Crippen molar-refractivity contribution in [2.75, 3.05) is 5.73 Å². The van der Waals surface area contributed by atoms with Crippen LogP contribution in [0.1, 0.15) is 21.6 Å². The van der Waals surface area contributed by atoms with E-state index >= 15 is 0 Å². The summed E-state index contributed by atoms with van der Waals surface area (Å²) in [5.41, 5.74) is 9.66. The molecule has 0 unspecified atom stereocenters. The van der Waals surface area contributed by atoms with Crippen LogP contribution in [0.3, 0.4) is 0 Å². The molecule has 4 rings (SSSR count). The number of imidazole rings is 1. The predicted octanol–water partition coefficient (Wildman–Crippen LogP) is 3.24. The molecule has 3 aromatic heterocycles. The molecule has 1 aromatic carbocycles. The number of aldehydes is 1. The fourth-order valence-corrected chi connectivity index (χ4v) is 2.78. The first-order valence-electron chi connectivity index (χ1n) is 7.97. The molecule has 3 heterocycles. The number of benzene rings is 1. The minimum absolute atomic E-state index is 0.380. The molecule has 7 heteroatoms. The molecule has 130 valence electrons. The standard InChI is InChI=1S/C20H12ClN5O/c21-17-10-14(2-3-15(17)12-27)18-5-6-20-24-11-16(26(20)25-18)4-1-13-7-8-23-19(22)9-13/h2-3,5-12H,(H2,22,23). The molecule has 2 N–H and O–H groups in total. The summed E-state index contributed by atoms with van der Waals surface area (Å²) in [5.74, 6) is 6.50. The molecule has 0 spiro atoms. The summed E-state index contributed by atoms with van der Waals surface area (Å²) >= 11 is 6.12. The number of nitrogens with zero attached hydrogens (tertiary/aromatic N) is 4. The number of hydrogen-bond acceptors (Lipinski definition) is 5. The highest BCUT2D eigenvalue weighted by Crippen LogP contribution is 2.24. The van der Waals surface area contributed by atoms with Crippen LogP contribution in [0.25, 0.3) is 16.9 Å². The van der Waals surface area contributed by atoms with Crippen molar-refractivity contribution < 1.29 is 4.79 Å². The summed E-state index contributed by atoms with van der Waals surface area (Å²) in [6.07, 6.45) is 3.99. The Bertz CT molecular complexity index is 1240.